The molecule has 0 amide bonds. The molecule has 0 fully saturated rings. The molecule has 0 bridgehead atoms. The Morgan fingerprint density at radius 1 is 0.352 bits per heavy atom. The second-order valence-corrected chi connectivity index (χ2v) is 13.5. The van der Waals surface area contributed by atoms with Crippen molar-refractivity contribution in [2.75, 3.05) is 4.90 Å². The summed E-state index contributed by atoms with van der Waals surface area (Å²) in [6.07, 6.45) is 0. The number of nitrogens with zero attached hydrogens (tertiary/aromatic N) is 4. The van der Waals surface area contributed by atoms with E-state index >= 15 is 0 Å². The van der Waals surface area contributed by atoms with Crippen LogP contribution in [0.5, 0.6) is 0 Å². The lowest BCUT2D eigenvalue weighted by Crippen LogP contribution is -2.09. The van der Waals surface area contributed by atoms with E-state index in [-0.39, 0.29) is 0 Å². The van der Waals surface area contributed by atoms with Gasteiger partial charge in [0.15, 0.2) is 5.82 Å². The average Bonchev–Trinajstić information content (AvgIpc) is 3.58. The van der Waals surface area contributed by atoms with Crippen molar-refractivity contribution in [2.45, 2.75) is 0 Å². The molecule has 254 valence electrons. The van der Waals surface area contributed by atoms with Crippen molar-refractivity contribution >= 4 is 49.8 Å². The summed E-state index contributed by atoms with van der Waals surface area (Å²) in [5.74, 6) is 0.716. The SMILES string of the molecule is c1ccc(-c2nc(-c3cccc(-c4ccc5c(c4)c4ccccc4n5-c4ccc(N(c5ccccc5)c5ccccc5)cc4)c3)nc3ccccc23)cc1. The molecular formula is C50H34N4. The lowest BCUT2D eigenvalue weighted by atomic mass is 10.00. The number of hydrogen-bond acceptors (Lipinski definition) is 3. The largest absolute Gasteiger partial charge is 0.311 e. The molecule has 0 aliphatic carbocycles. The van der Waals surface area contributed by atoms with Gasteiger partial charge in [0.05, 0.1) is 22.2 Å². The highest BCUT2D eigenvalue weighted by atomic mass is 15.1. The van der Waals surface area contributed by atoms with Gasteiger partial charge < -0.3 is 9.47 Å². The Bertz CT molecular complexity index is 2880. The Morgan fingerprint density at radius 2 is 0.907 bits per heavy atom. The molecule has 0 aliphatic rings. The summed E-state index contributed by atoms with van der Waals surface area (Å²) in [4.78, 5) is 12.5. The third kappa shape index (κ3) is 5.58. The Morgan fingerprint density at radius 3 is 1.65 bits per heavy atom. The maximum absolute atomic E-state index is 5.14. The van der Waals surface area contributed by atoms with Gasteiger partial charge in [0.1, 0.15) is 0 Å². The summed E-state index contributed by atoms with van der Waals surface area (Å²) in [6.45, 7) is 0. The van der Waals surface area contributed by atoms with Crippen molar-refractivity contribution in [3.05, 3.63) is 206 Å². The minimum atomic E-state index is 0.716. The summed E-state index contributed by atoms with van der Waals surface area (Å²) in [7, 11) is 0. The summed E-state index contributed by atoms with van der Waals surface area (Å²) >= 11 is 0. The predicted octanol–water partition coefficient (Wildman–Crippen LogP) is 13.2. The van der Waals surface area contributed by atoms with Crippen molar-refractivity contribution in [1.29, 1.82) is 0 Å². The first-order chi connectivity index (χ1) is 26.8. The van der Waals surface area contributed by atoms with E-state index < -0.39 is 0 Å². The normalized spacial score (nSPS) is 11.3. The van der Waals surface area contributed by atoms with Crippen molar-refractivity contribution in [3.8, 4) is 39.5 Å². The fourth-order valence-corrected chi connectivity index (χ4v) is 7.64. The Hall–Kier alpha value is -7.30. The smallest absolute Gasteiger partial charge is 0.160 e. The number of rotatable bonds is 7. The van der Waals surface area contributed by atoms with Gasteiger partial charge in [0, 0.05) is 50.0 Å². The van der Waals surface area contributed by atoms with E-state index in [0.717, 1.165) is 67.1 Å². The van der Waals surface area contributed by atoms with E-state index in [1.807, 2.05) is 18.2 Å². The third-order valence-electron chi connectivity index (χ3n) is 10.2. The third-order valence-corrected chi connectivity index (χ3v) is 10.2. The number of aromatic nitrogens is 3. The van der Waals surface area contributed by atoms with Gasteiger partial charge in [0.25, 0.3) is 0 Å². The molecule has 54 heavy (non-hydrogen) atoms. The lowest BCUT2D eigenvalue weighted by molar-refractivity contribution is 1.17. The number of benzene rings is 8. The molecule has 0 saturated carbocycles. The first kappa shape index (κ1) is 31.4. The van der Waals surface area contributed by atoms with Crippen molar-refractivity contribution in [1.82, 2.24) is 14.5 Å². The minimum Gasteiger partial charge on any atom is -0.311 e. The average molecular weight is 691 g/mol. The zero-order valence-electron chi connectivity index (χ0n) is 29.4. The molecule has 0 spiro atoms. The fourth-order valence-electron chi connectivity index (χ4n) is 7.64. The highest BCUT2D eigenvalue weighted by molar-refractivity contribution is 6.10. The molecule has 2 heterocycles. The van der Waals surface area contributed by atoms with Gasteiger partial charge in [-0.2, -0.15) is 0 Å². The molecule has 0 aliphatic heterocycles. The van der Waals surface area contributed by atoms with Crippen LogP contribution in [-0.2, 0) is 0 Å². The molecule has 0 atom stereocenters. The van der Waals surface area contributed by atoms with Gasteiger partial charge in [-0.05, 0) is 90.0 Å². The summed E-state index contributed by atoms with van der Waals surface area (Å²) < 4.78 is 2.37. The van der Waals surface area contributed by atoms with Crippen LogP contribution in [0.1, 0.15) is 0 Å². The standard InChI is InChI=1S/C50H34N4/c1-4-15-35(16-5-1)49-44-24-10-12-25-46(44)51-50(52-49)38-18-14-17-36(33-38)37-27-32-48-45(34-37)43-23-11-13-26-47(43)54(48)42-30-28-41(29-31-42)53(39-19-6-2-7-20-39)40-21-8-3-9-22-40/h1-34H. The van der Waals surface area contributed by atoms with Gasteiger partial charge >= 0.3 is 0 Å². The topological polar surface area (TPSA) is 34.0 Å². The molecule has 0 radical (unpaired) electrons. The van der Waals surface area contributed by atoms with E-state index in [1.54, 1.807) is 0 Å². The molecule has 0 unspecified atom stereocenters. The van der Waals surface area contributed by atoms with Gasteiger partial charge in [-0.3, -0.25) is 0 Å². The van der Waals surface area contributed by atoms with E-state index in [1.165, 1.54) is 16.3 Å². The first-order valence-corrected chi connectivity index (χ1v) is 18.3. The van der Waals surface area contributed by atoms with Crippen LogP contribution in [0.15, 0.2) is 206 Å². The number of para-hydroxylation sites is 4. The zero-order valence-corrected chi connectivity index (χ0v) is 29.4. The molecule has 10 aromatic rings. The van der Waals surface area contributed by atoms with Crippen LogP contribution in [0.3, 0.4) is 0 Å². The summed E-state index contributed by atoms with van der Waals surface area (Å²) in [5, 5.41) is 3.47. The zero-order chi connectivity index (χ0) is 35.8. The van der Waals surface area contributed by atoms with E-state index in [0.29, 0.717) is 5.82 Å². The van der Waals surface area contributed by atoms with Crippen LogP contribution >= 0.6 is 0 Å². The molecule has 4 heteroatoms. The lowest BCUT2D eigenvalue weighted by Gasteiger charge is -2.25. The van der Waals surface area contributed by atoms with Crippen molar-refractivity contribution < 1.29 is 0 Å². The molecule has 0 saturated heterocycles. The van der Waals surface area contributed by atoms with Crippen molar-refractivity contribution in [2.24, 2.45) is 0 Å². The number of anilines is 3. The van der Waals surface area contributed by atoms with Crippen LogP contribution in [0.25, 0.3) is 72.2 Å². The molecule has 2 aromatic heterocycles. The fraction of sp³-hybridized carbons (Fsp3) is 0. The monoisotopic (exact) mass is 690 g/mol. The van der Waals surface area contributed by atoms with Gasteiger partial charge in [0.2, 0.25) is 0 Å². The van der Waals surface area contributed by atoms with Gasteiger partial charge in [-0.1, -0.05) is 127 Å². The maximum atomic E-state index is 5.14. The molecular weight excluding hydrogens is 657 g/mol. The van der Waals surface area contributed by atoms with Crippen molar-refractivity contribution in [3.63, 3.8) is 0 Å². The highest BCUT2D eigenvalue weighted by Crippen LogP contribution is 2.38. The maximum Gasteiger partial charge on any atom is 0.160 e. The second-order valence-electron chi connectivity index (χ2n) is 13.5. The minimum absolute atomic E-state index is 0.716. The van der Waals surface area contributed by atoms with Crippen LogP contribution in [-0.4, -0.2) is 14.5 Å². The summed E-state index contributed by atoms with van der Waals surface area (Å²) in [6, 6.07) is 72.6. The number of fused-ring (bicyclic) bond motifs is 4. The van der Waals surface area contributed by atoms with Crippen LogP contribution in [0.2, 0.25) is 0 Å². The predicted molar refractivity (Wildman–Crippen MR) is 225 cm³/mol. The van der Waals surface area contributed by atoms with E-state index in [4.69, 9.17) is 9.97 Å². The highest BCUT2D eigenvalue weighted by Gasteiger charge is 2.17. The molecule has 4 nitrogen and oxygen atoms in total. The summed E-state index contributed by atoms with van der Waals surface area (Å²) in [5.41, 5.74) is 13.0. The molecule has 0 N–H and O–H groups in total. The first-order valence-electron chi connectivity index (χ1n) is 18.3. The molecule has 8 aromatic carbocycles. The van der Waals surface area contributed by atoms with Gasteiger partial charge in [-0.15, -0.1) is 0 Å². The number of hydrogen-bond donors (Lipinski definition) is 0. The Labute approximate surface area is 313 Å². The Balaban J connectivity index is 1.05. The van der Waals surface area contributed by atoms with E-state index in [2.05, 4.69) is 198 Å². The van der Waals surface area contributed by atoms with E-state index in [9.17, 15) is 0 Å². The molecule has 10 rings (SSSR count). The van der Waals surface area contributed by atoms with Gasteiger partial charge in [-0.25, -0.2) is 9.97 Å². The van der Waals surface area contributed by atoms with Crippen LogP contribution in [0.4, 0.5) is 17.1 Å². The Kier molecular flexibility index (Phi) is 7.77. The second kappa shape index (κ2) is 13.4. The quantitative estimate of drug-likeness (QED) is 0.167. The van der Waals surface area contributed by atoms with Crippen LogP contribution < -0.4 is 4.90 Å². The van der Waals surface area contributed by atoms with Crippen LogP contribution in [0, 0.1) is 0 Å².